The second-order valence-electron chi connectivity index (χ2n) is 8.84. The molecule has 2 heteroatoms. The first-order chi connectivity index (χ1) is 14.1. The Morgan fingerprint density at radius 2 is 1.45 bits per heavy atom. The molecule has 0 saturated heterocycles. The van der Waals surface area contributed by atoms with Crippen LogP contribution >= 0.6 is 0 Å². The molecule has 2 aromatic carbocycles. The minimum absolute atomic E-state index is 0.369. The molecule has 158 valence electrons. The molecule has 3 rings (SSSR count). The quantitative estimate of drug-likeness (QED) is 0.370. The van der Waals surface area contributed by atoms with Crippen molar-refractivity contribution in [2.24, 2.45) is 5.92 Å². The summed E-state index contributed by atoms with van der Waals surface area (Å²) in [4.78, 5) is 0. The number of rotatable bonds is 9. The summed E-state index contributed by atoms with van der Waals surface area (Å²) >= 11 is 0. The second-order valence-corrected chi connectivity index (χ2v) is 8.84. The topological polar surface area (TPSA) is 0 Å². The third kappa shape index (κ3) is 5.68. The van der Waals surface area contributed by atoms with Crippen molar-refractivity contribution in [3.05, 3.63) is 59.2 Å². The van der Waals surface area contributed by atoms with E-state index in [1.54, 1.807) is 12.1 Å². The maximum Gasteiger partial charge on any atom is 0.166 e. The first kappa shape index (κ1) is 22.0. The van der Waals surface area contributed by atoms with E-state index in [0.29, 0.717) is 23.5 Å². The molecule has 2 aromatic rings. The highest BCUT2D eigenvalue weighted by molar-refractivity contribution is 5.65. The number of aryl methyl sites for hydroxylation is 1. The third-order valence-corrected chi connectivity index (χ3v) is 6.72. The van der Waals surface area contributed by atoms with Crippen LogP contribution in [0.25, 0.3) is 11.1 Å². The Balaban J connectivity index is 1.63. The normalized spacial score (nSPS) is 19.4. The fourth-order valence-corrected chi connectivity index (χ4v) is 4.78. The molecule has 1 aliphatic carbocycles. The highest BCUT2D eigenvalue weighted by Gasteiger charge is 2.22. The lowest BCUT2D eigenvalue weighted by molar-refractivity contribution is 0.303. The van der Waals surface area contributed by atoms with Gasteiger partial charge in [-0.15, -0.1) is 0 Å². The van der Waals surface area contributed by atoms with E-state index in [-0.39, 0.29) is 0 Å². The molecule has 0 bridgehead atoms. The summed E-state index contributed by atoms with van der Waals surface area (Å²) in [5, 5.41) is 0. The van der Waals surface area contributed by atoms with Gasteiger partial charge in [-0.05, 0) is 67.1 Å². The van der Waals surface area contributed by atoms with Gasteiger partial charge in [0.05, 0.1) is 0 Å². The van der Waals surface area contributed by atoms with Crippen LogP contribution in [-0.4, -0.2) is 0 Å². The van der Waals surface area contributed by atoms with Crippen molar-refractivity contribution in [3.63, 3.8) is 0 Å². The van der Waals surface area contributed by atoms with E-state index in [2.05, 4.69) is 26.0 Å². The van der Waals surface area contributed by atoms with Crippen molar-refractivity contribution < 1.29 is 8.78 Å². The Labute approximate surface area is 175 Å². The molecule has 0 aromatic heterocycles. The first-order valence-electron chi connectivity index (χ1n) is 11.7. The molecule has 0 nitrogen and oxygen atoms in total. The number of hydrogen-bond donors (Lipinski definition) is 0. The van der Waals surface area contributed by atoms with Crippen molar-refractivity contribution in [2.75, 3.05) is 0 Å². The minimum atomic E-state index is -0.709. The van der Waals surface area contributed by atoms with E-state index < -0.39 is 11.6 Å². The molecular weight excluding hydrogens is 362 g/mol. The van der Waals surface area contributed by atoms with E-state index in [1.165, 1.54) is 56.9 Å². The van der Waals surface area contributed by atoms with E-state index in [0.717, 1.165) is 24.3 Å². The molecule has 1 fully saturated rings. The summed E-state index contributed by atoms with van der Waals surface area (Å²) < 4.78 is 29.0. The molecule has 0 radical (unpaired) electrons. The fourth-order valence-electron chi connectivity index (χ4n) is 4.78. The average molecular weight is 399 g/mol. The maximum atomic E-state index is 14.6. The van der Waals surface area contributed by atoms with Crippen LogP contribution in [0.1, 0.15) is 95.1 Å². The number of halogens is 2. The smallest absolute Gasteiger partial charge is 0.166 e. The molecule has 0 amide bonds. The Morgan fingerprint density at radius 1 is 0.759 bits per heavy atom. The van der Waals surface area contributed by atoms with Gasteiger partial charge in [0.25, 0.3) is 0 Å². The molecule has 0 spiro atoms. The van der Waals surface area contributed by atoms with Crippen LogP contribution in [0.2, 0.25) is 0 Å². The van der Waals surface area contributed by atoms with Crippen LogP contribution in [0.3, 0.4) is 0 Å². The van der Waals surface area contributed by atoms with Gasteiger partial charge in [0.15, 0.2) is 11.6 Å². The van der Waals surface area contributed by atoms with E-state index in [4.69, 9.17) is 0 Å². The predicted molar refractivity (Wildman–Crippen MR) is 119 cm³/mol. The molecule has 0 aliphatic heterocycles. The van der Waals surface area contributed by atoms with Crippen LogP contribution in [-0.2, 0) is 6.42 Å². The predicted octanol–water partition coefficient (Wildman–Crippen LogP) is 8.83. The van der Waals surface area contributed by atoms with E-state index in [9.17, 15) is 8.78 Å². The molecule has 0 unspecified atom stereocenters. The molecule has 29 heavy (non-hydrogen) atoms. The largest absolute Gasteiger partial charge is 0.203 e. The Bertz CT molecular complexity index is 755. The first-order valence-corrected chi connectivity index (χ1v) is 11.7. The van der Waals surface area contributed by atoms with Crippen LogP contribution in [0, 0.1) is 17.6 Å². The Hall–Kier alpha value is -1.70. The van der Waals surface area contributed by atoms with Gasteiger partial charge >= 0.3 is 0 Å². The molecule has 0 heterocycles. The minimum Gasteiger partial charge on any atom is -0.203 e. The van der Waals surface area contributed by atoms with Crippen LogP contribution in [0.15, 0.2) is 36.4 Å². The van der Waals surface area contributed by atoms with Crippen molar-refractivity contribution >= 4 is 0 Å². The average Bonchev–Trinajstić information content (AvgIpc) is 2.76. The maximum absolute atomic E-state index is 14.6. The summed E-state index contributed by atoms with van der Waals surface area (Å²) in [5.41, 5.74) is 2.97. The standard InChI is InChI=1S/C27H36F2/c1-3-5-7-8-20-10-12-21(13-11-20)22-14-16-23(17-15-22)25-19-18-24(9-6-4-2)26(28)27(25)29/h14-21H,3-13H2,1-2H3. The zero-order chi connectivity index (χ0) is 20.6. The lowest BCUT2D eigenvalue weighted by Gasteiger charge is -2.29. The monoisotopic (exact) mass is 398 g/mol. The Morgan fingerprint density at radius 3 is 2.10 bits per heavy atom. The molecular formula is C27H36F2. The fraction of sp³-hybridized carbons (Fsp3) is 0.556. The van der Waals surface area contributed by atoms with Crippen molar-refractivity contribution in [1.29, 1.82) is 0 Å². The van der Waals surface area contributed by atoms with E-state index >= 15 is 0 Å². The summed E-state index contributed by atoms with van der Waals surface area (Å²) in [6.45, 7) is 4.32. The van der Waals surface area contributed by atoms with Gasteiger partial charge in [-0.1, -0.05) is 82.3 Å². The Kier molecular flexibility index (Phi) is 8.27. The van der Waals surface area contributed by atoms with E-state index in [1.807, 2.05) is 12.1 Å². The summed E-state index contributed by atoms with van der Waals surface area (Å²) in [7, 11) is 0. The van der Waals surface area contributed by atoms with Gasteiger partial charge in [0.1, 0.15) is 0 Å². The highest BCUT2D eigenvalue weighted by atomic mass is 19.2. The molecule has 0 atom stereocenters. The van der Waals surface area contributed by atoms with Gasteiger partial charge < -0.3 is 0 Å². The van der Waals surface area contributed by atoms with Crippen molar-refractivity contribution in [3.8, 4) is 11.1 Å². The van der Waals surface area contributed by atoms with Crippen molar-refractivity contribution in [1.82, 2.24) is 0 Å². The van der Waals surface area contributed by atoms with Gasteiger partial charge in [-0.25, -0.2) is 8.78 Å². The third-order valence-electron chi connectivity index (χ3n) is 6.72. The SMILES string of the molecule is CCCCCC1CCC(c2ccc(-c3ccc(CCCC)c(F)c3F)cc2)CC1. The van der Waals surface area contributed by atoms with Gasteiger partial charge in [0, 0.05) is 5.56 Å². The molecule has 0 N–H and O–H groups in total. The second kappa shape index (κ2) is 10.9. The van der Waals surface area contributed by atoms with Gasteiger partial charge in [-0.2, -0.15) is 0 Å². The summed E-state index contributed by atoms with van der Waals surface area (Å²) in [6, 6.07) is 11.7. The van der Waals surface area contributed by atoms with Gasteiger partial charge in [-0.3, -0.25) is 0 Å². The van der Waals surface area contributed by atoms with Crippen LogP contribution in [0.5, 0.6) is 0 Å². The molecule has 1 saturated carbocycles. The van der Waals surface area contributed by atoms with Gasteiger partial charge in [0.2, 0.25) is 0 Å². The number of hydrogen-bond acceptors (Lipinski definition) is 0. The highest BCUT2D eigenvalue weighted by Crippen LogP contribution is 2.38. The van der Waals surface area contributed by atoms with Crippen LogP contribution in [0.4, 0.5) is 8.78 Å². The number of unbranched alkanes of at least 4 members (excludes halogenated alkanes) is 3. The molecule has 1 aliphatic rings. The lowest BCUT2D eigenvalue weighted by Crippen LogP contribution is -2.13. The summed E-state index contributed by atoms with van der Waals surface area (Å²) in [5.74, 6) is 0.130. The zero-order valence-corrected chi connectivity index (χ0v) is 18.2. The lowest BCUT2D eigenvalue weighted by atomic mass is 9.77. The summed E-state index contributed by atoms with van der Waals surface area (Å²) in [6.07, 6.45) is 13.0. The van der Waals surface area contributed by atoms with Crippen molar-refractivity contribution in [2.45, 2.75) is 90.4 Å². The van der Waals surface area contributed by atoms with Crippen LogP contribution < -0.4 is 0 Å². The zero-order valence-electron chi connectivity index (χ0n) is 18.2. The number of benzene rings is 2.